The van der Waals surface area contributed by atoms with E-state index >= 15 is 0 Å². The van der Waals surface area contributed by atoms with Gasteiger partial charge in [-0.15, -0.1) is 0 Å². The Hall–Kier alpha value is -1.35. The molecule has 16 heavy (non-hydrogen) atoms. The fraction of sp³-hybridized carbons (Fsp3) is 0.462. The summed E-state index contributed by atoms with van der Waals surface area (Å²) in [6, 6.07) is 8.17. The van der Waals surface area contributed by atoms with Crippen LogP contribution in [0.5, 0.6) is 0 Å². The summed E-state index contributed by atoms with van der Waals surface area (Å²) < 4.78 is 0. The van der Waals surface area contributed by atoms with Crippen LogP contribution in [0.15, 0.2) is 24.3 Å². The van der Waals surface area contributed by atoms with Crippen molar-refractivity contribution in [3.05, 3.63) is 35.4 Å². The van der Waals surface area contributed by atoms with Crippen molar-refractivity contribution >= 4 is 5.91 Å². The first-order valence-corrected chi connectivity index (χ1v) is 5.88. The second kappa shape index (κ2) is 5.12. The van der Waals surface area contributed by atoms with Crippen LogP contribution in [0.1, 0.15) is 41.6 Å². The molecule has 0 aromatic heterocycles. The van der Waals surface area contributed by atoms with Crippen LogP contribution in [0.2, 0.25) is 0 Å². The number of amides is 1. The highest BCUT2D eigenvalue weighted by Gasteiger charge is 2.13. The molecule has 1 fully saturated rings. The van der Waals surface area contributed by atoms with Gasteiger partial charge in [-0.1, -0.05) is 25.0 Å². The van der Waals surface area contributed by atoms with Crippen molar-refractivity contribution in [3.8, 4) is 0 Å². The lowest BCUT2D eigenvalue weighted by atomic mass is 10.1. The van der Waals surface area contributed by atoms with Gasteiger partial charge >= 0.3 is 0 Å². The molecule has 1 amide bonds. The van der Waals surface area contributed by atoms with Crippen LogP contribution in [-0.2, 0) is 6.54 Å². The predicted octanol–water partition coefficient (Wildman–Crippen LogP) is 1.82. The molecular weight excluding hydrogens is 200 g/mol. The maximum Gasteiger partial charge on any atom is 0.248 e. The maximum absolute atomic E-state index is 11.0. The van der Waals surface area contributed by atoms with Crippen molar-refractivity contribution in [2.45, 2.75) is 38.3 Å². The topological polar surface area (TPSA) is 55.1 Å². The summed E-state index contributed by atoms with van der Waals surface area (Å²) in [6.07, 6.45) is 5.21. The lowest BCUT2D eigenvalue weighted by Gasteiger charge is -2.11. The van der Waals surface area contributed by atoms with E-state index in [4.69, 9.17) is 5.73 Å². The Kier molecular flexibility index (Phi) is 3.57. The first-order valence-electron chi connectivity index (χ1n) is 5.88. The van der Waals surface area contributed by atoms with Crippen LogP contribution < -0.4 is 11.1 Å². The number of primary amides is 1. The van der Waals surface area contributed by atoms with E-state index in [0.29, 0.717) is 11.6 Å². The second-order valence-electron chi connectivity index (χ2n) is 4.43. The molecule has 0 radical (unpaired) electrons. The molecule has 2 rings (SSSR count). The molecule has 3 heteroatoms. The molecule has 1 aromatic rings. The molecule has 0 spiro atoms. The monoisotopic (exact) mass is 218 g/mol. The minimum Gasteiger partial charge on any atom is -0.366 e. The molecule has 3 N–H and O–H groups in total. The van der Waals surface area contributed by atoms with Gasteiger partial charge in [0, 0.05) is 18.2 Å². The Morgan fingerprint density at radius 1 is 1.38 bits per heavy atom. The first-order chi connectivity index (χ1) is 7.75. The van der Waals surface area contributed by atoms with Crippen LogP contribution in [0, 0.1) is 0 Å². The summed E-state index contributed by atoms with van der Waals surface area (Å²) in [5, 5.41) is 3.51. The third-order valence-electron chi connectivity index (χ3n) is 3.16. The highest BCUT2D eigenvalue weighted by Crippen LogP contribution is 2.18. The number of hydrogen-bond acceptors (Lipinski definition) is 2. The SMILES string of the molecule is NC(=O)c1cccc(CNC2CCCC2)c1. The Bertz CT molecular complexity index is 370. The molecular formula is C13H18N2O. The Morgan fingerprint density at radius 2 is 2.12 bits per heavy atom. The summed E-state index contributed by atoms with van der Waals surface area (Å²) in [4.78, 5) is 11.0. The average molecular weight is 218 g/mol. The second-order valence-corrected chi connectivity index (χ2v) is 4.43. The third kappa shape index (κ3) is 2.83. The fourth-order valence-corrected chi connectivity index (χ4v) is 2.23. The van der Waals surface area contributed by atoms with Gasteiger partial charge in [0.2, 0.25) is 5.91 Å². The van der Waals surface area contributed by atoms with E-state index in [1.807, 2.05) is 18.2 Å². The number of carbonyl (C=O) groups is 1. The van der Waals surface area contributed by atoms with Crippen molar-refractivity contribution in [3.63, 3.8) is 0 Å². The molecule has 0 heterocycles. The van der Waals surface area contributed by atoms with Gasteiger partial charge < -0.3 is 11.1 Å². The maximum atomic E-state index is 11.0. The van der Waals surface area contributed by atoms with Gasteiger partial charge in [-0.25, -0.2) is 0 Å². The molecule has 0 saturated heterocycles. The minimum absolute atomic E-state index is 0.359. The van der Waals surface area contributed by atoms with E-state index in [1.165, 1.54) is 25.7 Å². The molecule has 1 aliphatic carbocycles. The van der Waals surface area contributed by atoms with Gasteiger partial charge in [0.05, 0.1) is 0 Å². The standard InChI is InChI=1S/C13H18N2O/c14-13(16)11-5-3-4-10(8-11)9-15-12-6-1-2-7-12/h3-5,8,12,15H,1-2,6-7,9H2,(H2,14,16). The Morgan fingerprint density at radius 3 is 2.81 bits per heavy atom. The van der Waals surface area contributed by atoms with E-state index in [1.54, 1.807) is 6.07 Å². The van der Waals surface area contributed by atoms with Crippen LogP contribution >= 0.6 is 0 Å². The van der Waals surface area contributed by atoms with Gasteiger partial charge in [0.25, 0.3) is 0 Å². The molecule has 0 bridgehead atoms. The number of carbonyl (C=O) groups excluding carboxylic acids is 1. The van der Waals surface area contributed by atoms with Crippen molar-refractivity contribution in [2.24, 2.45) is 5.73 Å². The van der Waals surface area contributed by atoms with Crippen molar-refractivity contribution in [1.29, 1.82) is 0 Å². The molecule has 3 nitrogen and oxygen atoms in total. The van der Waals surface area contributed by atoms with E-state index in [-0.39, 0.29) is 5.91 Å². The van der Waals surface area contributed by atoms with Crippen LogP contribution in [-0.4, -0.2) is 11.9 Å². The van der Waals surface area contributed by atoms with E-state index in [2.05, 4.69) is 5.32 Å². The van der Waals surface area contributed by atoms with Gasteiger partial charge in [-0.2, -0.15) is 0 Å². The zero-order valence-corrected chi connectivity index (χ0v) is 9.41. The van der Waals surface area contributed by atoms with Gasteiger partial charge in [0.15, 0.2) is 0 Å². The summed E-state index contributed by atoms with van der Waals surface area (Å²) >= 11 is 0. The molecule has 0 aliphatic heterocycles. The molecule has 0 unspecified atom stereocenters. The zero-order chi connectivity index (χ0) is 11.4. The summed E-state index contributed by atoms with van der Waals surface area (Å²) in [5.41, 5.74) is 6.96. The van der Waals surface area contributed by atoms with Crippen molar-refractivity contribution < 1.29 is 4.79 Å². The van der Waals surface area contributed by atoms with Crippen molar-refractivity contribution in [2.75, 3.05) is 0 Å². The Labute approximate surface area is 96.0 Å². The average Bonchev–Trinajstić information content (AvgIpc) is 2.79. The van der Waals surface area contributed by atoms with E-state index in [0.717, 1.165) is 12.1 Å². The fourth-order valence-electron chi connectivity index (χ4n) is 2.23. The van der Waals surface area contributed by atoms with E-state index in [9.17, 15) is 4.79 Å². The molecule has 1 aromatic carbocycles. The summed E-state index contributed by atoms with van der Waals surface area (Å²) in [6.45, 7) is 0.825. The van der Waals surface area contributed by atoms with Crippen molar-refractivity contribution in [1.82, 2.24) is 5.32 Å². The number of nitrogens with one attached hydrogen (secondary N) is 1. The molecule has 1 aliphatic rings. The van der Waals surface area contributed by atoms with Gasteiger partial charge in [-0.3, -0.25) is 4.79 Å². The molecule has 0 atom stereocenters. The number of benzene rings is 1. The summed E-state index contributed by atoms with van der Waals surface area (Å²) in [5.74, 6) is -0.359. The molecule has 1 saturated carbocycles. The predicted molar refractivity (Wildman–Crippen MR) is 64.1 cm³/mol. The summed E-state index contributed by atoms with van der Waals surface area (Å²) in [7, 11) is 0. The van der Waals surface area contributed by atoms with E-state index < -0.39 is 0 Å². The largest absolute Gasteiger partial charge is 0.366 e. The van der Waals surface area contributed by atoms with Gasteiger partial charge in [0.1, 0.15) is 0 Å². The van der Waals surface area contributed by atoms with Crippen LogP contribution in [0.4, 0.5) is 0 Å². The smallest absolute Gasteiger partial charge is 0.248 e. The highest BCUT2D eigenvalue weighted by atomic mass is 16.1. The lowest BCUT2D eigenvalue weighted by Crippen LogP contribution is -2.25. The first kappa shape index (κ1) is 11.1. The zero-order valence-electron chi connectivity index (χ0n) is 9.41. The number of hydrogen-bond donors (Lipinski definition) is 2. The van der Waals surface area contributed by atoms with Gasteiger partial charge in [-0.05, 0) is 30.5 Å². The number of rotatable bonds is 4. The Balaban J connectivity index is 1.93. The highest BCUT2D eigenvalue weighted by molar-refractivity contribution is 5.92. The van der Waals surface area contributed by atoms with Crippen LogP contribution in [0.3, 0.4) is 0 Å². The quantitative estimate of drug-likeness (QED) is 0.810. The third-order valence-corrected chi connectivity index (χ3v) is 3.16. The molecule has 86 valence electrons. The van der Waals surface area contributed by atoms with Crippen LogP contribution in [0.25, 0.3) is 0 Å². The number of nitrogens with two attached hydrogens (primary N) is 1. The lowest BCUT2D eigenvalue weighted by molar-refractivity contribution is 0.1000. The minimum atomic E-state index is -0.359. The normalized spacial score (nSPS) is 16.5.